The molecule has 1 aromatic heterocycles. The van der Waals surface area contributed by atoms with E-state index in [1.54, 1.807) is 25.3 Å². The molecule has 0 unspecified atom stereocenters. The average molecular weight is 450 g/mol. The van der Waals surface area contributed by atoms with Gasteiger partial charge in [0, 0.05) is 31.2 Å². The number of nitrogens with one attached hydrogen (secondary N) is 2. The van der Waals surface area contributed by atoms with E-state index in [9.17, 15) is 9.59 Å². The maximum absolute atomic E-state index is 12.9. The predicted octanol–water partition coefficient (Wildman–Crippen LogP) is 2.99. The molecule has 4 rings (SSSR count). The van der Waals surface area contributed by atoms with Crippen LogP contribution in [0.25, 0.3) is 11.3 Å². The SMILES string of the molecule is COc1ccc(-c2cc(C(=O)N[C@H](Cc3ccccc3)C(=O)NC[C@H]3CCCO3)no2)cc1. The first-order valence-electron chi connectivity index (χ1n) is 11.0. The van der Waals surface area contributed by atoms with Gasteiger partial charge in [-0.25, -0.2) is 0 Å². The molecule has 0 bridgehead atoms. The normalized spacial score (nSPS) is 16.2. The quantitative estimate of drug-likeness (QED) is 0.521. The van der Waals surface area contributed by atoms with Gasteiger partial charge in [0.25, 0.3) is 5.91 Å². The van der Waals surface area contributed by atoms with Gasteiger partial charge in [-0.3, -0.25) is 9.59 Å². The van der Waals surface area contributed by atoms with E-state index in [2.05, 4.69) is 15.8 Å². The number of nitrogens with zero attached hydrogens (tertiary/aromatic N) is 1. The molecule has 0 saturated carbocycles. The largest absolute Gasteiger partial charge is 0.497 e. The summed E-state index contributed by atoms with van der Waals surface area (Å²) in [5.74, 6) is 0.424. The van der Waals surface area contributed by atoms with Gasteiger partial charge in [0.05, 0.1) is 13.2 Å². The van der Waals surface area contributed by atoms with Crippen LogP contribution in [0.5, 0.6) is 5.75 Å². The molecular weight excluding hydrogens is 422 g/mol. The van der Waals surface area contributed by atoms with Crippen molar-refractivity contribution in [1.82, 2.24) is 15.8 Å². The summed E-state index contributed by atoms with van der Waals surface area (Å²) in [6, 6.07) is 17.6. The summed E-state index contributed by atoms with van der Waals surface area (Å²) < 4.78 is 16.1. The molecule has 172 valence electrons. The Labute approximate surface area is 192 Å². The van der Waals surface area contributed by atoms with Crippen molar-refractivity contribution in [3.63, 3.8) is 0 Å². The second-order valence-corrected chi connectivity index (χ2v) is 7.90. The lowest BCUT2D eigenvalue weighted by atomic mass is 10.0. The van der Waals surface area contributed by atoms with E-state index in [0.717, 1.165) is 24.0 Å². The van der Waals surface area contributed by atoms with Gasteiger partial charge in [0.1, 0.15) is 11.8 Å². The molecule has 2 atom stereocenters. The Kier molecular flexibility index (Phi) is 7.36. The summed E-state index contributed by atoms with van der Waals surface area (Å²) in [7, 11) is 1.59. The highest BCUT2D eigenvalue weighted by Crippen LogP contribution is 2.23. The highest BCUT2D eigenvalue weighted by atomic mass is 16.5. The lowest BCUT2D eigenvalue weighted by Crippen LogP contribution is -2.49. The van der Waals surface area contributed by atoms with Crippen LogP contribution in [-0.4, -0.2) is 49.4 Å². The molecule has 1 saturated heterocycles. The highest BCUT2D eigenvalue weighted by molar-refractivity contribution is 5.96. The number of ether oxygens (including phenoxy) is 2. The lowest BCUT2D eigenvalue weighted by molar-refractivity contribution is -0.123. The van der Waals surface area contributed by atoms with Crippen LogP contribution >= 0.6 is 0 Å². The maximum Gasteiger partial charge on any atom is 0.274 e. The zero-order valence-electron chi connectivity index (χ0n) is 18.5. The number of methoxy groups -OCH3 is 1. The Balaban J connectivity index is 1.44. The molecule has 1 aliphatic rings. The summed E-state index contributed by atoms with van der Waals surface area (Å²) in [6.07, 6.45) is 2.29. The number of aromatic nitrogens is 1. The first-order chi connectivity index (χ1) is 16.1. The number of carbonyl (C=O) groups excluding carboxylic acids is 2. The number of benzene rings is 2. The summed E-state index contributed by atoms with van der Waals surface area (Å²) >= 11 is 0. The molecule has 1 aliphatic heterocycles. The first-order valence-corrected chi connectivity index (χ1v) is 11.0. The van der Waals surface area contributed by atoms with Crippen molar-refractivity contribution in [1.29, 1.82) is 0 Å². The van der Waals surface area contributed by atoms with E-state index in [-0.39, 0.29) is 17.7 Å². The summed E-state index contributed by atoms with van der Waals surface area (Å²) in [5, 5.41) is 9.61. The van der Waals surface area contributed by atoms with E-state index in [0.29, 0.717) is 31.1 Å². The standard InChI is InChI=1S/C25H27N3O5/c1-31-19-11-9-18(10-12-19)23-15-22(28-33-23)25(30)27-21(14-17-6-3-2-4-7-17)24(29)26-16-20-8-5-13-32-20/h2-4,6-7,9-12,15,20-21H,5,8,13-14,16H2,1H3,(H,26,29)(H,27,30)/t20-,21-/m1/s1. The molecule has 8 heteroatoms. The van der Waals surface area contributed by atoms with Crippen molar-refractivity contribution in [2.75, 3.05) is 20.3 Å². The van der Waals surface area contributed by atoms with Crippen LogP contribution < -0.4 is 15.4 Å². The van der Waals surface area contributed by atoms with Crippen LogP contribution in [0.2, 0.25) is 0 Å². The summed E-state index contributed by atoms with van der Waals surface area (Å²) in [5.41, 5.74) is 1.80. The Morgan fingerprint density at radius 1 is 1.15 bits per heavy atom. The lowest BCUT2D eigenvalue weighted by Gasteiger charge is -2.19. The van der Waals surface area contributed by atoms with Crippen molar-refractivity contribution in [3.05, 3.63) is 71.9 Å². The molecule has 0 aliphatic carbocycles. The number of hydrogen-bond acceptors (Lipinski definition) is 6. The Morgan fingerprint density at radius 3 is 2.64 bits per heavy atom. The van der Waals surface area contributed by atoms with Gasteiger partial charge in [0.15, 0.2) is 11.5 Å². The third-order valence-corrected chi connectivity index (χ3v) is 5.55. The number of amides is 2. The number of rotatable bonds is 9. The second kappa shape index (κ2) is 10.8. The third kappa shape index (κ3) is 5.98. The Bertz CT molecular complexity index is 1060. The fraction of sp³-hybridized carbons (Fsp3) is 0.320. The Morgan fingerprint density at radius 2 is 1.94 bits per heavy atom. The van der Waals surface area contributed by atoms with E-state index in [1.165, 1.54) is 0 Å². The molecule has 0 spiro atoms. The third-order valence-electron chi connectivity index (χ3n) is 5.55. The topological polar surface area (TPSA) is 103 Å². The molecule has 8 nitrogen and oxygen atoms in total. The van der Waals surface area contributed by atoms with Crippen LogP contribution in [-0.2, 0) is 16.0 Å². The van der Waals surface area contributed by atoms with Crippen LogP contribution in [0, 0.1) is 0 Å². The van der Waals surface area contributed by atoms with Gasteiger partial charge in [-0.2, -0.15) is 0 Å². The fourth-order valence-electron chi connectivity index (χ4n) is 3.71. The predicted molar refractivity (Wildman–Crippen MR) is 122 cm³/mol. The van der Waals surface area contributed by atoms with Crippen molar-refractivity contribution in [2.45, 2.75) is 31.4 Å². The van der Waals surface area contributed by atoms with Gasteiger partial charge in [-0.1, -0.05) is 35.5 Å². The smallest absolute Gasteiger partial charge is 0.274 e. The molecular formula is C25H27N3O5. The minimum Gasteiger partial charge on any atom is -0.497 e. The summed E-state index contributed by atoms with van der Waals surface area (Å²) in [4.78, 5) is 25.8. The van der Waals surface area contributed by atoms with Crippen LogP contribution in [0.3, 0.4) is 0 Å². The van der Waals surface area contributed by atoms with Gasteiger partial charge in [0.2, 0.25) is 5.91 Å². The van der Waals surface area contributed by atoms with Gasteiger partial charge in [-0.05, 0) is 42.7 Å². The van der Waals surface area contributed by atoms with E-state index >= 15 is 0 Å². The first kappa shape index (κ1) is 22.5. The number of carbonyl (C=O) groups is 2. The molecule has 33 heavy (non-hydrogen) atoms. The van der Waals surface area contributed by atoms with Crippen molar-refractivity contribution in [2.24, 2.45) is 0 Å². The second-order valence-electron chi connectivity index (χ2n) is 7.90. The van der Waals surface area contributed by atoms with Crippen molar-refractivity contribution < 1.29 is 23.6 Å². The number of hydrogen-bond donors (Lipinski definition) is 2. The van der Waals surface area contributed by atoms with Crippen molar-refractivity contribution in [3.8, 4) is 17.1 Å². The van der Waals surface area contributed by atoms with Crippen LogP contribution in [0.15, 0.2) is 65.2 Å². The van der Waals surface area contributed by atoms with E-state index < -0.39 is 11.9 Å². The molecule has 2 amide bonds. The van der Waals surface area contributed by atoms with Gasteiger partial charge >= 0.3 is 0 Å². The zero-order valence-corrected chi connectivity index (χ0v) is 18.5. The highest BCUT2D eigenvalue weighted by Gasteiger charge is 2.25. The van der Waals surface area contributed by atoms with Crippen LogP contribution in [0.1, 0.15) is 28.9 Å². The monoisotopic (exact) mass is 449 g/mol. The molecule has 2 aromatic carbocycles. The average Bonchev–Trinajstić information content (AvgIpc) is 3.55. The summed E-state index contributed by atoms with van der Waals surface area (Å²) in [6.45, 7) is 1.14. The molecule has 2 N–H and O–H groups in total. The fourth-order valence-corrected chi connectivity index (χ4v) is 3.71. The van der Waals surface area contributed by atoms with Gasteiger partial charge in [-0.15, -0.1) is 0 Å². The molecule has 3 aromatic rings. The van der Waals surface area contributed by atoms with Crippen molar-refractivity contribution >= 4 is 11.8 Å². The minimum atomic E-state index is -0.762. The minimum absolute atomic E-state index is 0.0182. The maximum atomic E-state index is 12.9. The van der Waals surface area contributed by atoms with E-state index in [4.69, 9.17) is 14.0 Å². The molecule has 1 fully saturated rings. The van der Waals surface area contributed by atoms with Crippen LogP contribution in [0.4, 0.5) is 0 Å². The van der Waals surface area contributed by atoms with E-state index in [1.807, 2.05) is 42.5 Å². The van der Waals surface area contributed by atoms with Gasteiger partial charge < -0.3 is 24.6 Å². The Hall–Kier alpha value is -3.65. The molecule has 2 heterocycles. The zero-order chi connectivity index (χ0) is 23.0. The molecule has 0 radical (unpaired) electrons.